The van der Waals surface area contributed by atoms with Crippen LogP contribution in [0.25, 0.3) is 0 Å². The molecule has 1 saturated carbocycles. The van der Waals surface area contributed by atoms with Crippen molar-refractivity contribution in [2.45, 2.75) is 58.0 Å². The zero-order chi connectivity index (χ0) is 11.8. The molecule has 2 rings (SSSR count). The van der Waals surface area contributed by atoms with Gasteiger partial charge < -0.3 is 10.2 Å². The molecule has 0 unspecified atom stereocenters. The lowest BCUT2D eigenvalue weighted by atomic mass is 9.72. The first-order valence-corrected chi connectivity index (χ1v) is 6.97. The van der Waals surface area contributed by atoms with Crippen LogP contribution in [0.5, 0.6) is 0 Å². The van der Waals surface area contributed by atoms with Crippen molar-refractivity contribution in [2.75, 3.05) is 20.1 Å². The molecule has 1 N–H and O–H groups in total. The molecular weight excluding hydrogens is 196 g/mol. The van der Waals surface area contributed by atoms with Gasteiger partial charge in [0.1, 0.15) is 0 Å². The molecular formula is C14H28N2. The largest absolute Gasteiger partial charge is 0.314 e. The minimum Gasteiger partial charge on any atom is -0.314 e. The number of nitrogens with one attached hydrogen (secondary N) is 1. The molecule has 0 amide bonds. The van der Waals surface area contributed by atoms with Crippen molar-refractivity contribution < 1.29 is 0 Å². The maximum absolute atomic E-state index is 3.48. The van der Waals surface area contributed by atoms with Crippen molar-refractivity contribution in [3.63, 3.8) is 0 Å². The van der Waals surface area contributed by atoms with Crippen LogP contribution in [-0.4, -0.2) is 36.6 Å². The van der Waals surface area contributed by atoms with Crippen LogP contribution in [0.4, 0.5) is 0 Å². The zero-order valence-electron chi connectivity index (χ0n) is 11.4. The molecule has 0 aromatic rings. The molecule has 0 atom stereocenters. The molecule has 0 aromatic heterocycles. The lowest BCUT2D eigenvalue weighted by Crippen LogP contribution is -2.55. The van der Waals surface area contributed by atoms with E-state index in [0.29, 0.717) is 5.54 Å². The molecule has 2 heteroatoms. The minimum absolute atomic E-state index is 0.400. The van der Waals surface area contributed by atoms with Crippen LogP contribution in [0.15, 0.2) is 0 Å². The molecule has 1 aliphatic heterocycles. The summed E-state index contributed by atoms with van der Waals surface area (Å²) in [5.74, 6) is 1.89. The van der Waals surface area contributed by atoms with Crippen LogP contribution < -0.4 is 5.32 Å². The standard InChI is InChI=1S/C14H28N2/c1-11(2)12-9-13(10-12)16-7-5-14(3,15-4)6-8-16/h11-13,15H,5-10H2,1-4H3. The van der Waals surface area contributed by atoms with Gasteiger partial charge in [-0.15, -0.1) is 0 Å². The molecule has 0 spiro atoms. The fourth-order valence-corrected chi connectivity index (χ4v) is 3.11. The van der Waals surface area contributed by atoms with E-state index in [1.54, 1.807) is 0 Å². The maximum atomic E-state index is 3.48. The Morgan fingerprint density at radius 1 is 1.19 bits per heavy atom. The smallest absolute Gasteiger partial charge is 0.0174 e. The van der Waals surface area contributed by atoms with E-state index in [4.69, 9.17) is 0 Å². The van der Waals surface area contributed by atoms with E-state index in [1.807, 2.05) is 0 Å². The average molecular weight is 224 g/mol. The summed E-state index contributed by atoms with van der Waals surface area (Å²) in [6.45, 7) is 9.70. The first kappa shape index (κ1) is 12.4. The second-order valence-corrected chi connectivity index (χ2v) is 6.48. The van der Waals surface area contributed by atoms with E-state index >= 15 is 0 Å². The highest BCUT2D eigenvalue weighted by Gasteiger charge is 2.38. The van der Waals surface area contributed by atoms with Gasteiger partial charge in [-0.2, -0.15) is 0 Å². The van der Waals surface area contributed by atoms with Crippen molar-refractivity contribution in [2.24, 2.45) is 11.8 Å². The summed E-state index contributed by atoms with van der Waals surface area (Å²) in [7, 11) is 2.10. The summed E-state index contributed by atoms with van der Waals surface area (Å²) in [4.78, 5) is 2.73. The normalized spacial score (nSPS) is 35.1. The molecule has 94 valence electrons. The third kappa shape index (κ3) is 2.43. The van der Waals surface area contributed by atoms with Gasteiger partial charge in [0.2, 0.25) is 0 Å². The molecule has 1 saturated heterocycles. The Balaban J connectivity index is 1.75. The van der Waals surface area contributed by atoms with Crippen LogP contribution in [0.2, 0.25) is 0 Å². The van der Waals surface area contributed by atoms with E-state index in [2.05, 4.69) is 38.0 Å². The molecule has 2 aliphatic rings. The molecule has 0 radical (unpaired) electrons. The van der Waals surface area contributed by atoms with Crippen LogP contribution in [0.1, 0.15) is 46.5 Å². The molecule has 0 aromatic carbocycles. The van der Waals surface area contributed by atoms with Crippen LogP contribution in [-0.2, 0) is 0 Å². The summed E-state index contributed by atoms with van der Waals surface area (Å²) in [5.41, 5.74) is 0.400. The van der Waals surface area contributed by atoms with Gasteiger partial charge in [-0.25, -0.2) is 0 Å². The first-order valence-electron chi connectivity index (χ1n) is 6.97. The number of hydrogen-bond acceptors (Lipinski definition) is 2. The van der Waals surface area contributed by atoms with Gasteiger partial charge in [-0.1, -0.05) is 13.8 Å². The van der Waals surface area contributed by atoms with Gasteiger partial charge in [0, 0.05) is 24.7 Å². The SMILES string of the molecule is CNC1(C)CCN(C2CC(C(C)C)C2)CC1. The summed E-state index contributed by atoms with van der Waals surface area (Å²) in [5, 5.41) is 3.48. The lowest BCUT2D eigenvalue weighted by molar-refractivity contribution is 0.0240. The quantitative estimate of drug-likeness (QED) is 0.792. The first-order chi connectivity index (χ1) is 7.54. The van der Waals surface area contributed by atoms with E-state index in [9.17, 15) is 0 Å². The highest BCUT2D eigenvalue weighted by atomic mass is 15.2. The van der Waals surface area contributed by atoms with E-state index in [0.717, 1.165) is 17.9 Å². The summed E-state index contributed by atoms with van der Waals surface area (Å²) in [6, 6.07) is 0.911. The number of rotatable bonds is 3. The Labute approximate surface area is 101 Å². The molecule has 16 heavy (non-hydrogen) atoms. The molecule has 1 aliphatic carbocycles. The highest BCUT2D eigenvalue weighted by Crippen LogP contribution is 2.38. The predicted octanol–water partition coefficient (Wildman–Crippen LogP) is 2.49. The molecule has 2 fully saturated rings. The highest BCUT2D eigenvalue weighted by molar-refractivity contribution is 4.94. The molecule has 2 nitrogen and oxygen atoms in total. The predicted molar refractivity (Wildman–Crippen MR) is 69.6 cm³/mol. The van der Waals surface area contributed by atoms with Gasteiger partial charge in [0.05, 0.1) is 0 Å². The Hall–Kier alpha value is -0.0800. The number of likely N-dealkylation sites (tertiary alicyclic amines) is 1. The summed E-state index contributed by atoms with van der Waals surface area (Å²) in [6.07, 6.45) is 5.53. The van der Waals surface area contributed by atoms with Crippen LogP contribution in [0, 0.1) is 11.8 Å². The van der Waals surface area contributed by atoms with Gasteiger partial charge in [0.15, 0.2) is 0 Å². The van der Waals surface area contributed by atoms with Crippen molar-refractivity contribution in [1.82, 2.24) is 10.2 Å². The fourth-order valence-electron chi connectivity index (χ4n) is 3.11. The van der Waals surface area contributed by atoms with E-state index in [1.165, 1.54) is 38.8 Å². The summed E-state index contributed by atoms with van der Waals surface area (Å²) >= 11 is 0. The number of hydrogen-bond donors (Lipinski definition) is 1. The Morgan fingerprint density at radius 3 is 2.19 bits per heavy atom. The Bertz CT molecular complexity index is 223. The van der Waals surface area contributed by atoms with Gasteiger partial charge in [-0.05, 0) is 51.5 Å². The third-order valence-corrected chi connectivity index (χ3v) is 5.11. The second kappa shape index (κ2) is 4.66. The monoisotopic (exact) mass is 224 g/mol. The third-order valence-electron chi connectivity index (χ3n) is 5.11. The van der Waals surface area contributed by atoms with Gasteiger partial charge in [-0.3, -0.25) is 0 Å². The average Bonchev–Trinajstić information content (AvgIpc) is 2.18. The lowest BCUT2D eigenvalue weighted by Gasteiger charge is -2.49. The second-order valence-electron chi connectivity index (χ2n) is 6.48. The van der Waals surface area contributed by atoms with Crippen molar-refractivity contribution >= 4 is 0 Å². The minimum atomic E-state index is 0.400. The van der Waals surface area contributed by atoms with Gasteiger partial charge >= 0.3 is 0 Å². The topological polar surface area (TPSA) is 15.3 Å². The van der Waals surface area contributed by atoms with Crippen molar-refractivity contribution in [3.8, 4) is 0 Å². The Morgan fingerprint density at radius 2 is 1.75 bits per heavy atom. The van der Waals surface area contributed by atoms with Crippen molar-refractivity contribution in [3.05, 3.63) is 0 Å². The number of nitrogens with zero attached hydrogens (tertiary/aromatic N) is 1. The summed E-state index contributed by atoms with van der Waals surface area (Å²) < 4.78 is 0. The molecule has 1 heterocycles. The maximum Gasteiger partial charge on any atom is 0.0174 e. The number of piperidine rings is 1. The van der Waals surface area contributed by atoms with Crippen LogP contribution >= 0.6 is 0 Å². The fraction of sp³-hybridized carbons (Fsp3) is 1.00. The van der Waals surface area contributed by atoms with Crippen molar-refractivity contribution in [1.29, 1.82) is 0 Å². The van der Waals surface area contributed by atoms with E-state index < -0.39 is 0 Å². The Kier molecular flexibility index (Phi) is 3.60. The molecule has 0 bridgehead atoms. The van der Waals surface area contributed by atoms with Gasteiger partial charge in [0.25, 0.3) is 0 Å². The van der Waals surface area contributed by atoms with E-state index in [-0.39, 0.29) is 0 Å². The zero-order valence-corrected chi connectivity index (χ0v) is 11.4. The van der Waals surface area contributed by atoms with Crippen LogP contribution in [0.3, 0.4) is 0 Å².